The second-order valence-electron chi connectivity index (χ2n) is 10.4. The molecule has 0 heterocycles. The molecule has 2 aromatic carbocycles. The summed E-state index contributed by atoms with van der Waals surface area (Å²) >= 11 is 6.00. The zero-order valence-electron chi connectivity index (χ0n) is 24.2. The molecule has 2 atom stereocenters. The van der Waals surface area contributed by atoms with Gasteiger partial charge in [0.15, 0.2) is 0 Å². The van der Waals surface area contributed by atoms with E-state index in [1.54, 1.807) is 6.92 Å². The van der Waals surface area contributed by atoms with Gasteiger partial charge in [-0.25, -0.2) is 0 Å². The minimum absolute atomic E-state index is 0.116. The van der Waals surface area contributed by atoms with E-state index in [9.17, 15) is 24.0 Å². The van der Waals surface area contributed by atoms with E-state index in [2.05, 4.69) is 16.0 Å². The van der Waals surface area contributed by atoms with Crippen molar-refractivity contribution in [3.8, 4) is 0 Å². The predicted octanol–water partition coefficient (Wildman–Crippen LogP) is 2.94. The molecule has 232 valence electrons. The van der Waals surface area contributed by atoms with E-state index in [4.69, 9.17) is 26.8 Å². The third-order valence-electron chi connectivity index (χ3n) is 7.13. The number of ketones is 1. The van der Waals surface area contributed by atoms with Gasteiger partial charge in [0.05, 0.1) is 30.5 Å². The highest BCUT2D eigenvalue weighted by Crippen LogP contribution is 2.28. The van der Waals surface area contributed by atoms with E-state index in [1.807, 2.05) is 30.3 Å². The number of nitrogen functional groups attached to an aromatic ring is 1. The Morgan fingerprint density at radius 1 is 0.977 bits per heavy atom. The Kier molecular flexibility index (Phi) is 13.4. The molecule has 0 spiro atoms. The van der Waals surface area contributed by atoms with Crippen LogP contribution in [0.25, 0.3) is 0 Å². The highest BCUT2D eigenvalue weighted by molar-refractivity contribution is 6.38. The summed E-state index contributed by atoms with van der Waals surface area (Å²) in [5.41, 5.74) is 7.14. The summed E-state index contributed by atoms with van der Waals surface area (Å²) in [7, 11) is 0. The lowest BCUT2D eigenvalue weighted by Crippen LogP contribution is -2.56. The van der Waals surface area contributed by atoms with E-state index < -0.39 is 48.1 Å². The number of ether oxygens (including phenoxy) is 2. The average Bonchev–Trinajstić information content (AvgIpc) is 3.01. The molecule has 1 aliphatic rings. The summed E-state index contributed by atoms with van der Waals surface area (Å²) in [5.74, 6) is -3.76. The number of benzene rings is 2. The molecule has 0 bridgehead atoms. The molecule has 2 aromatic rings. The maximum absolute atomic E-state index is 13.6. The molecule has 0 aromatic heterocycles. The number of esters is 1. The zero-order chi connectivity index (χ0) is 31.2. The average molecular weight is 615 g/mol. The van der Waals surface area contributed by atoms with Crippen LogP contribution in [0.5, 0.6) is 0 Å². The number of hydrogen-bond acceptors (Lipinski definition) is 8. The van der Waals surface area contributed by atoms with Crippen molar-refractivity contribution in [1.82, 2.24) is 16.0 Å². The molecule has 3 rings (SSSR count). The Balaban J connectivity index is 1.76. The number of Topliss-reactive ketones (excluding diaryl/α,β-unsaturated/α-hetero) is 1. The molecule has 11 nitrogen and oxygen atoms in total. The summed E-state index contributed by atoms with van der Waals surface area (Å²) in [6, 6.07) is 11.2. The summed E-state index contributed by atoms with van der Waals surface area (Å²) in [6.45, 7) is 1.04. The number of nitrogens with one attached hydrogen (secondary N) is 3. The van der Waals surface area contributed by atoms with Crippen LogP contribution >= 0.6 is 11.6 Å². The van der Waals surface area contributed by atoms with Crippen molar-refractivity contribution in [2.24, 2.45) is 5.92 Å². The molecule has 0 unspecified atom stereocenters. The van der Waals surface area contributed by atoms with Gasteiger partial charge in [-0.1, -0.05) is 74.0 Å². The first-order valence-electron chi connectivity index (χ1n) is 14.4. The number of carbonyl (C=O) groups is 5. The van der Waals surface area contributed by atoms with Crippen LogP contribution in [0, 0.1) is 5.92 Å². The van der Waals surface area contributed by atoms with Crippen LogP contribution in [0.2, 0.25) is 5.02 Å². The topological polar surface area (TPSA) is 166 Å². The van der Waals surface area contributed by atoms with Crippen molar-refractivity contribution < 1.29 is 33.4 Å². The van der Waals surface area contributed by atoms with E-state index >= 15 is 0 Å². The second kappa shape index (κ2) is 17.2. The van der Waals surface area contributed by atoms with Gasteiger partial charge < -0.3 is 31.2 Å². The van der Waals surface area contributed by atoms with Gasteiger partial charge in [0, 0.05) is 5.56 Å². The zero-order valence-corrected chi connectivity index (χ0v) is 25.0. The van der Waals surface area contributed by atoms with Crippen LogP contribution in [0.4, 0.5) is 5.69 Å². The Labute approximate surface area is 256 Å². The first-order chi connectivity index (χ1) is 20.7. The van der Waals surface area contributed by atoms with E-state index in [0.29, 0.717) is 11.4 Å². The summed E-state index contributed by atoms with van der Waals surface area (Å²) in [6.07, 6.45) is 5.33. The summed E-state index contributed by atoms with van der Waals surface area (Å²) < 4.78 is 10.5. The van der Waals surface area contributed by atoms with Crippen molar-refractivity contribution in [3.63, 3.8) is 0 Å². The van der Waals surface area contributed by atoms with E-state index in [-0.39, 0.29) is 37.0 Å². The molecule has 43 heavy (non-hydrogen) atoms. The molecule has 0 saturated heterocycles. The van der Waals surface area contributed by atoms with Crippen LogP contribution in [0.3, 0.4) is 0 Å². The van der Waals surface area contributed by atoms with Crippen LogP contribution < -0.4 is 21.7 Å². The molecular formula is C31H39ClN4O7. The Hall–Kier alpha value is -3.96. The molecule has 5 N–H and O–H groups in total. The van der Waals surface area contributed by atoms with Gasteiger partial charge in [-0.15, -0.1) is 0 Å². The molecule has 1 aliphatic carbocycles. The lowest BCUT2D eigenvalue weighted by molar-refractivity contribution is -0.146. The second-order valence-corrected chi connectivity index (χ2v) is 10.8. The number of hydrogen-bond donors (Lipinski definition) is 4. The van der Waals surface area contributed by atoms with Crippen molar-refractivity contribution in [3.05, 3.63) is 64.7 Å². The van der Waals surface area contributed by atoms with Gasteiger partial charge in [0.2, 0.25) is 11.7 Å². The molecule has 0 aliphatic heterocycles. The third-order valence-corrected chi connectivity index (χ3v) is 7.47. The van der Waals surface area contributed by atoms with Gasteiger partial charge in [-0.2, -0.15) is 0 Å². The molecule has 1 fully saturated rings. The minimum Gasteiger partial charge on any atom is -0.465 e. The SMILES string of the molecule is CCOC(=O)CNC(=O)C(=O)[C@H](COCc1ccccc1)NC(=O)[C@@H](CC1CCCCC1)NC(=O)c1ccc(Cl)c(N)c1. The first kappa shape index (κ1) is 33.5. The lowest BCUT2D eigenvalue weighted by atomic mass is 9.84. The van der Waals surface area contributed by atoms with Gasteiger partial charge >= 0.3 is 5.97 Å². The van der Waals surface area contributed by atoms with E-state index in [0.717, 1.165) is 37.7 Å². The number of rotatable bonds is 15. The first-order valence-corrected chi connectivity index (χ1v) is 14.8. The van der Waals surface area contributed by atoms with Crippen LogP contribution in [-0.4, -0.2) is 61.3 Å². The molecule has 0 radical (unpaired) electrons. The molecular weight excluding hydrogens is 576 g/mol. The largest absolute Gasteiger partial charge is 0.465 e. The van der Waals surface area contributed by atoms with Crippen molar-refractivity contribution in [1.29, 1.82) is 0 Å². The fourth-order valence-corrected chi connectivity index (χ4v) is 4.97. The monoisotopic (exact) mass is 614 g/mol. The van der Waals surface area contributed by atoms with Crippen LogP contribution in [-0.2, 0) is 35.3 Å². The Morgan fingerprint density at radius 2 is 1.70 bits per heavy atom. The highest BCUT2D eigenvalue weighted by atomic mass is 35.5. The predicted molar refractivity (Wildman–Crippen MR) is 161 cm³/mol. The van der Waals surface area contributed by atoms with Gasteiger partial charge in [-0.3, -0.25) is 24.0 Å². The number of halogens is 1. The van der Waals surface area contributed by atoms with Gasteiger partial charge in [0.25, 0.3) is 11.8 Å². The van der Waals surface area contributed by atoms with Gasteiger partial charge in [0.1, 0.15) is 18.6 Å². The summed E-state index contributed by atoms with van der Waals surface area (Å²) in [5, 5.41) is 7.91. The maximum atomic E-state index is 13.6. The number of anilines is 1. The molecule has 12 heteroatoms. The maximum Gasteiger partial charge on any atom is 0.325 e. The smallest absolute Gasteiger partial charge is 0.325 e. The number of carbonyl (C=O) groups excluding carboxylic acids is 5. The minimum atomic E-state index is -1.38. The van der Waals surface area contributed by atoms with Crippen molar-refractivity contribution in [2.45, 2.75) is 64.1 Å². The highest BCUT2D eigenvalue weighted by Gasteiger charge is 2.32. The van der Waals surface area contributed by atoms with E-state index in [1.165, 1.54) is 18.2 Å². The normalized spacial score (nSPS) is 14.7. The Morgan fingerprint density at radius 3 is 2.37 bits per heavy atom. The van der Waals surface area contributed by atoms with Crippen molar-refractivity contribution in [2.75, 3.05) is 25.5 Å². The van der Waals surface area contributed by atoms with Crippen LogP contribution in [0.15, 0.2) is 48.5 Å². The summed E-state index contributed by atoms with van der Waals surface area (Å²) in [4.78, 5) is 64.3. The fraction of sp³-hybridized carbons (Fsp3) is 0.452. The standard InChI is InChI=1S/C31H39ClN4O7/c1-2-43-27(37)17-34-31(41)28(38)26(19-42-18-21-11-7-4-8-12-21)36-30(40)25(15-20-9-5-3-6-10-20)35-29(39)22-13-14-23(32)24(33)16-22/h4,7-8,11-14,16,20,25-26H,2-3,5-6,9-10,15,17-19,33H2,1H3,(H,34,41)(H,35,39)(H,36,40)/t25-,26+/m1/s1. The number of amides is 3. The van der Waals surface area contributed by atoms with Crippen LogP contribution in [0.1, 0.15) is 61.4 Å². The quantitative estimate of drug-likeness (QED) is 0.135. The molecule has 3 amide bonds. The molecule has 1 saturated carbocycles. The number of nitrogens with two attached hydrogens (primary N) is 1. The Bertz CT molecular complexity index is 1270. The third kappa shape index (κ3) is 11.0. The lowest BCUT2D eigenvalue weighted by Gasteiger charge is -2.28. The van der Waals surface area contributed by atoms with Crippen molar-refractivity contribution >= 4 is 46.8 Å². The fourth-order valence-electron chi connectivity index (χ4n) is 4.85. The van der Waals surface area contributed by atoms with Gasteiger partial charge in [-0.05, 0) is 43.0 Å².